The van der Waals surface area contributed by atoms with E-state index in [4.69, 9.17) is 4.42 Å². The van der Waals surface area contributed by atoms with E-state index in [1.54, 1.807) is 0 Å². The molecule has 0 bridgehead atoms. The van der Waals surface area contributed by atoms with Crippen molar-refractivity contribution < 1.29 is 4.42 Å². The Morgan fingerprint density at radius 2 is 1.09 bits per heavy atom. The lowest BCUT2D eigenvalue weighted by Crippen LogP contribution is -2.61. The molecule has 324 valence electrons. The van der Waals surface area contributed by atoms with E-state index in [1.165, 1.54) is 94.8 Å². The molecule has 4 aliphatic rings. The van der Waals surface area contributed by atoms with E-state index >= 15 is 0 Å². The molecule has 1 aromatic heterocycles. The van der Waals surface area contributed by atoms with E-state index in [9.17, 15) is 0 Å². The number of aryl methyl sites for hydroxylation is 2. The first kappa shape index (κ1) is 41.2. The lowest BCUT2D eigenvalue weighted by molar-refractivity contribution is 0.332. The Kier molecular flexibility index (Phi) is 8.72. The van der Waals surface area contributed by atoms with Crippen molar-refractivity contribution in [1.29, 1.82) is 0 Å². The van der Waals surface area contributed by atoms with Crippen LogP contribution in [-0.4, -0.2) is 6.71 Å². The van der Waals surface area contributed by atoms with Crippen LogP contribution in [0.4, 0.5) is 34.1 Å². The van der Waals surface area contributed by atoms with E-state index < -0.39 is 0 Å². The molecule has 0 spiro atoms. The molecule has 11 rings (SSSR count). The molecule has 3 heterocycles. The summed E-state index contributed by atoms with van der Waals surface area (Å²) in [6.07, 6.45) is 4.64. The SMILES string of the molecule is Cc1cc2c3c(c1)N(c1ccc(C(C)(C)C)cc1)c1c(oc4cc5c(cc14)C(C)(C)CCC5(C)C)B3c1cc3c(cc1N2c1ccc(-c2ccccc2)cc1C)C(C)(C)CCC3(C)C. The Morgan fingerprint density at radius 1 is 0.531 bits per heavy atom. The second kappa shape index (κ2) is 13.5. The molecule has 0 N–H and O–H groups in total. The van der Waals surface area contributed by atoms with E-state index in [1.807, 2.05) is 0 Å². The third-order valence-electron chi connectivity index (χ3n) is 16.3. The lowest BCUT2D eigenvalue weighted by atomic mass is 9.35. The van der Waals surface area contributed by atoms with Crippen molar-refractivity contribution in [1.82, 2.24) is 0 Å². The van der Waals surface area contributed by atoms with Crippen LogP contribution in [0.15, 0.2) is 114 Å². The van der Waals surface area contributed by atoms with Gasteiger partial charge in [-0.25, -0.2) is 0 Å². The number of benzene rings is 6. The molecule has 2 aliphatic heterocycles. The van der Waals surface area contributed by atoms with Gasteiger partial charge in [-0.3, -0.25) is 0 Å². The summed E-state index contributed by atoms with van der Waals surface area (Å²) in [6, 6.07) is 42.4. The monoisotopic (exact) mass is 841 g/mol. The summed E-state index contributed by atoms with van der Waals surface area (Å²) in [5.41, 5.74) is 24.4. The summed E-state index contributed by atoms with van der Waals surface area (Å²) in [5.74, 6) is 0. The molecule has 3 nitrogen and oxygen atoms in total. The minimum Gasteiger partial charge on any atom is -0.468 e. The van der Waals surface area contributed by atoms with Gasteiger partial charge in [0.1, 0.15) is 5.58 Å². The van der Waals surface area contributed by atoms with Gasteiger partial charge in [-0.1, -0.05) is 131 Å². The van der Waals surface area contributed by atoms with Crippen LogP contribution in [0.5, 0.6) is 0 Å². The molecule has 0 unspecified atom stereocenters. The summed E-state index contributed by atoms with van der Waals surface area (Å²) in [7, 11) is 0. The minimum atomic E-state index is -0.0996. The predicted molar refractivity (Wildman–Crippen MR) is 274 cm³/mol. The van der Waals surface area contributed by atoms with Crippen LogP contribution in [0.25, 0.3) is 22.1 Å². The van der Waals surface area contributed by atoms with Crippen molar-refractivity contribution >= 4 is 68.4 Å². The van der Waals surface area contributed by atoms with Crippen molar-refractivity contribution in [3.8, 4) is 11.1 Å². The fraction of sp³-hybridized carbons (Fsp3) is 0.367. The third-order valence-corrected chi connectivity index (χ3v) is 16.3. The van der Waals surface area contributed by atoms with Crippen molar-refractivity contribution in [3.05, 3.63) is 148 Å². The zero-order valence-corrected chi connectivity index (χ0v) is 40.6. The number of hydrogen-bond donors (Lipinski definition) is 0. The molecule has 2 aliphatic carbocycles. The number of hydrogen-bond acceptors (Lipinski definition) is 3. The zero-order valence-electron chi connectivity index (χ0n) is 40.6. The fourth-order valence-electron chi connectivity index (χ4n) is 12.1. The number of rotatable bonds is 3. The maximum absolute atomic E-state index is 7.59. The summed E-state index contributed by atoms with van der Waals surface area (Å²) in [5, 5.41) is 1.21. The van der Waals surface area contributed by atoms with Crippen LogP contribution >= 0.6 is 0 Å². The summed E-state index contributed by atoms with van der Waals surface area (Å²) >= 11 is 0. The first-order chi connectivity index (χ1) is 30.1. The number of anilines is 6. The van der Waals surface area contributed by atoms with E-state index in [0.29, 0.717) is 0 Å². The van der Waals surface area contributed by atoms with Crippen molar-refractivity contribution in [3.63, 3.8) is 0 Å². The van der Waals surface area contributed by atoms with Gasteiger partial charge in [-0.15, -0.1) is 0 Å². The average Bonchev–Trinajstić information content (AvgIpc) is 3.62. The first-order valence-corrected chi connectivity index (χ1v) is 24.0. The Labute approximate surface area is 383 Å². The Balaban J connectivity index is 1.25. The Bertz CT molecular complexity index is 3060. The number of fused-ring (bicyclic) bond motifs is 8. The highest BCUT2D eigenvalue weighted by Crippen LogP contribution is 2.54. The van der Waals surface area contributed by atoms with Gasteiger partial charge >= 0.3 is 0 Å². The molecule has 0 atom stereocenters. The van der Waals surface area contributed by atoms with Crippen LogP contribution in [0.1, 0.15) is 141 Å². The van der Waals surface area contributed by atoms with Crippen LogP contribution < -0.4 is 26.4 Å². The van der Waals surface area contributed by atoms with Crippen LogP contribution in [0, 0.1) is 13.8 Å². The van der Waals surface area contributed by atoms with Crippen LogP contribution in [0.3, 0.4) is 0 Å². The van der Waals surface area contributed by atoms with Gasteiger partial charge in [0, 0.05) is 33.8 Å². The Hall–Kier alpha value is -5.48. The van der Waals surface area contributed by atoms with Crippen molar-refractivity contribution in [2.45, 2.75) is 143 Å². The normalized spacial score (nSPS) is 18.5. The maximum atomic E-state index is 7.59. The largest absolute Gasteiger partial charge is 0.468 e. The van der Waals surface area contributed by atoms with Gasteiger partial charge in [0.2, 0.25) is 0 Å². The molecular weight excluding hydrogens is 775 g/mol. The lowest BCUT2D eigenvalue weighted by Gasteiger charge is -2.47. The van der Waals surface area contributed by atoms with Gasteiger partial charge in [-0.2, -0.15) is 0 Å². The molecule has 4 heteroatoms. The predicted octanol–water partition coefficient (Wildman–Crippen LogP) is 14.8. The minimum absolute atomic E-state index is 0.0385. The highest BCUT2D eigenvalue weighted by molar-refractivity contribution is 7.00. The standard InChI is InChI=1S/C60H65BN2O/c1-36-29-50-53-51(30-36)63(48-24-19-39(31-37(48)2)38-17-15-14-16-18-38)49-34-45-44(58(8,9)26-27-59(45,10)11)33-47(49)61(53)55-54(62(50)41-22-20-40(21-23-41)56(3,4)5)42-32-43-46(35-52(42)64-55)60(12,13)28-25-57(43,6)7/h14-24,29-35H,25-28H2,1-13H3. The highest BCUT2D eigenvalue weighted by atomic mass is 16.3. The van der Waals surface area contributed by atoms with Gasteiger partial charge in [0.05, 0.1) is 11.3 Å². The Morgan fingerprint density at radius 3 is 1.69 bits per heavy atom. The second-order valence-electron chi connectivity index (χ2n) is 23.7. The molecule has 0 radical (unpaired) electrons. The third kappa shape index (κ3) is 6.06. The maximum Gasteiger partial charge on any atom is 0.297 e. The van der Waals surface area contributed by atoms with Gasteiger partial charge in [0.15, 0.2) is 0 Å². The topological polar surface area (TPSA) is 19.6 Å². The molecule has 0 saturated carbocycles. The van der Waals surface area contributed by atoms with Gasteiger partial charge in [0.25, 0.3) is 6.71 Å². The van der Waals surface area contributed by atoms with Crippen LogP contribution in [-0.2, 0) is 27.1 Å². The van der Waals surface area contributed by atoms with Gasteiger partial charge < -0.3 is 14.2 Å². The molecule has 0 saturated heterocycles. The fourth-order valence-corrected chi connectivity index (χ4v) is 12.1. The van der Waals surface area contributed by atoms with Crippen molar-refractivity contribution in [2.24, 2.45) is 0 Å². The average molecular weight is 841 g/mol. The smallest absolute Gasteiger partial charge is 0.297 e. The summed E-state index contributed by atoms with van der Waals surface area (Å²) in [6.45, 7) is 31.0. The summed E-state index contributed by atoms with van der Waals surface area (Å²) in [4.78, 5) is 5.20. The second-order valence-corrected chi connectivity index (χ2v) is 23.7. The molecule has 0 fully saturated rings. The number of nitrogens with zero attached hydrogens (tertiary/aromatic N) is 2. The molecule has 0 amide bonds. The van der Waals surface area contributed by atoms with Gasteiger partial charge in [-0.05, 0) is 182 Å². The quantitative estimate of drug-likeness (QED) is 0.165. The zero-order chi connectivity index (χ0) is 45.0. The highest BCUT2D eigenvalue weighted by Gasteiger charge is 2.50. The first-order valence-electron chi connectivity index (χ1n) is 24.0. The van der Waals surface area contributed by atoms with E-state index in [0.717, 1.165) is 42.6 Å². The van der Waals surface area contributed by atoms with E-state index in [2.05, 4.69) is 209 Å². The molecule has 64 heavy (non-hydrogen) atoms. The number of furan rings is 1. The van der Waals surface area contributed by atoms with E-state index in [-0.39, 0.29) is 33.8 Å². The molecular formula is C60H65BN2O. The summed E-state index contributed by atoms with van der Waals surface area (Å²) < 4.78 is 7.59. The molecule has 7 aromatic rings. The van der Waals surface area contributed by atoms with Crippen LogP contribution in [0.2, 0.25) is 0 Å². The van der Waals surface area contributed by atoms with Crippen molar-refractivity contribution in [2.75, 3.05) is 9.80 Å². The molecule has 6 aromatic carbocycles.